The van der Waals surface area contributed by atoms with Crippen LogP contribution in [-0.2, 0) is 0 Å². The van der Waals surface area contributed by atoms with Gasteiger partial charge in [-0.25, -0.2) is 0 Å². The molecule has 164 valence electrons. The molecule has 2 fully saturated rings. The highest BCUT2D eigenvalue weighted by Gasteiger charge is 2.27. The van der Waals surface area contributed by atoms with E-state index in [9.17, 15) is 0 Å². The molecule has 0 radical (unpaired) electrons. The molecule has 28 heavy (non-hydrogen) atoms. The summed E-state index contributed by atoms with van der Waals surface area (Å²) in [5, 5.41) is 14.2. The molecule has 8 heteroatoms. The molecule has 0 spiro atoms. The van der Waals surface area contributed by atoms with E-state index >= 15 is 0 Å². The van der Waals surface area contributed by atoms with Crippen molar-refractivity contribution < 1.29 is 0 Å². The van der Waals surface area contributed by atoms with E-state index in [1.54, 1.807) is 0 Å². The smallest absolute Gasteiger partial charge is 0.166 e. The van der Waals surface area contributed by atoms with Crippen LogP contribution < -0.4 is 21.3 Å². The number of rotatable bonds is 4. The predicted molar refractivity (Wildman–Crippen MR) is 129 cm³/mol. The van der Waals surface area contributed by atoms with Crippen LogP contribution in [0.5, 0.6) is 0 Å². The number of thiocarbonyl (C=S) groups is 2. The van der Waals surface area contributed by atoms with Gasteiger partial charge < -0.3 is 31.1 Å². The van der Waals surface area contributed by atoms with E-state index in [0.29, 0.717) is 24.2 Å². The van der Waals surface area contributed by atoms with Crippen LogP contribution in [0, 0.1) is 0 Å². The first-order valence-corrected chi connectivity index (χ1v) is 11.4. The zero-order valence-corrected chi connectivity index (χ0v) is 20.3. The Hall–Kier alpha value is -0.700. The normalized spacial score (nSPS) is 27.4. The van der Waals surface area contributed by atoms with Gasteiger partial charge in [-0.3, -0.25) is 0 Å². The van der Waals surface area contributed by atoms with Crippen molar-refractivity contribution in [2.45, 2.75) is 75.5 Å². The summed E-state index contributed by atoms with van der Waals surface area (Å²) in [7, 11) is 12.3. The van der Waals surface area contributed by atoms with Crippen LogP contribution in [0.25, 0.3) is 0 Å². The lowest BCUT2D eigenvalue weighted by Gasteiger charge is -2.37. The fourth-order valence-electron chi connectivity index (χ4n) is 4.28. The molecule has 2 aliphatic carbocycles. The SMILES string of the molecule is CNC(=S)N[C@@H]1CCCC[C@H]1N(C)C.CNC(=S)N[C@@H]1CCCC[C@H]1N(C)C. The van der Waals surface area contributed by atoms with E-state index in [0.717, 1.165) is 10.2 Å². The van der Waals surface area contributed by atoms with Gasteiger partial charge >= 0.3 is 0 Å². The van der Waals surface area contributed by atoms with Gasteiger partial charge in [0.15, 0.2) is 10.2 Å². The highest BCUT2D eigenvalue weighted by molar-refractivity contribution is 7.80. The van der Waals surface area contributed by atoms with E-state index in [2.05, 4.69) is 59.3 Å². The largest absolute Gasteiger partial charge is 0.366 e. The zero-order valence-electron chi connectivity index (χ0n) is 18.7. The van der Waals surface area contributed by atoms with Gasteiger partial charge in [0.05, 0.1) is 0 Å². The Bertz CT molecular complexity index is 430. The quantitative estimate of drug-likeness (QED) is 0.505. The van der Waals surface area contributed by atoms with Crippen LogP contribution in [0.2, 0.25) is 0 Å². The zero-order chi connectivity index (χ0) is 21.1. The van der Waals surface area contributed by atoms with E-state index in [4.69, 9.17) is 24.4 Å². The monoisotopic (exact) mass is 430 g/mol. The highest BCUT2D eigenvalue weighted by atomic mass is 32.1. The second-order valence-electron chi connectivity index (χ2n) is 8.29. The Morgan fingerprint density at radius 3 is 1.25 bits per heavy atom. The van der Waals surface area contributed by atoms with Gasteiger partial charge in [0.25, 0.3) is 0 Å². The second-order valence-corrected chi connectivity index (χ2v) is 9.11. The van der Waals surface area contributed by atoms with Crippen LogP contribution in [0.1, 0.15) is 51.4 Å². The van der Waals surface area contributed by atoms with E-state index in [-0.39, 0.29) is 0 Å². The number of nitrogens with zero attached hydrogens (tertiary/aromatic N) is 2. The summed E-state index contributed by atoms with van der Waals surface area (Å²) in [4.78, 5) is 4.60. The fourth-order valence-corrected chi connectivity index (χ4v) is 4.58. The molecule has 0 saturated heterocycles. The van der Waals surface area contributed by atoms with Crippen molar-refractivity contribution in [2.75, 3.05) is 42.3 Å². The average Bonchev–Trinajstić information content (AvgIpc) is 2.68. The van der Waals surface area contributed by atoms with Crippen molar-refractivity contribution in [1.29, 1.82) is 0 Å². The van der Waals surface area contributed by atoms with Crippen LogP contribution in [0.3, 0.4) is 0 Å². The summed E-state index contributed by atoms with van der Waals surface area (Å²) in [5.41, 5.74) is 0. The Balaban J connectivity index is 0.000000280. The molecule has 0 amide bonds. The molecule has 2 saturated carbocycles. The molecule has 2 aliphatic rings. The Morgan fingerprint density at radius 1 is 0.643 bits per heavy atom. The van der Waals surface area contributed by atoms with Gasteiger partial charge in [0, 0.05) is 38.3 Å². The number of likely N-dealkylation sites (N-methyl/N-ethyl adjacent to an activating group) is 2. The third kappa shape index (κ3) is 8.76. The lowest BCUT2D eigenvalue weighted by molar-refractivity contribution is 0.190. The van der Waals surface area contributed by atoms with Gasteiger partial charge in [-0.15, -0.1) is 0 Å². The summed E-state index contributed by atoms with van der Waals surface area (Å²) in [6.45, 7) is 0. The first-order chi connectivity index (χ1) is 13.3. The standard InChI is InChI=1S/2C10H21N3S/c2*1-11-10(14)12-8-6-4-5-7-9(8)13(2)3/h2*8-9H,4-7H2,1-3H3,(H2,11,12,14)/t2*8-,9-/m11/s1. The van der Waals surface area contributed by atoms with Crippen molar-refractivity contribution in [1.82, 2.24) is 31.1 Å². The summed E-state index contributed by atoms with van der Waals surface area (Å²) in [6, 6.07) is 2.27. The first-order valence-electron chi connectivity index (χ1n) is 10.6. The molecule has 2 rings (SSSR count). The summed E-state index contributed by atoms with van der Waals surface area (Å²) >= 11 is 10.3. The van der Waals surface area contributed by atoms with Crippen molar-refractivity contribution in [3.8, 4) is 0 Å². The Morgan fingerprint density at radius 2 is 0.964 bits per heavy atom. The fraction of sp³-hybridized carbons (Fsp3) is 0.900. The number of hydrogen-bond acceptors (Lipinski definition) is 4. The van der Waals surface area contributed by atoms with Gasteiger partial charge in [0.2, 0.25) is 0 Å². The lowest BCUT2D eigenvalue weighted by atomic mass is 9.90. The molecule has 0 aromatic heterocycles. The van der Waals surface area contributed by atoms with Crippen LogP contribution in [0.15, 0.2) is 0 Å². The first kappa shape index (κ1) is 25.3. The maximum Gasteiger partial charge on any atom is 0.166 e. The van der Waals surface area contributed by atoms with E-state index in [1.165, 1.54) is 51.4 Å². The number of nitrogens with one attached hydrogen (secondary N) is 4. The predicted octanol–water partition coefficient (Wildman–Crippen LogP) is 1.91. The van der Waals surface area contributed by atoms with Gasteiger partial charge in [-0.2, -0.15) is 0 Å². The van der Waals surface area contributed by atoms with Gasteiger partial charge in [0.1, 0.15) is 0 Å². The molecule has 0 aromatic carbocycles. The molecular weight excluding hydrogens is 388 g/mol. The summed E-state index contributed by atoms with van der Waals surface area (Å²) < 4.78 is 0. The van der Waals surface area contributed by atoms with E-state index in [1.807, 2.05) is 14.1 Å². The minimum atomic E-state index is 0.513. The van der Waals surface area contributed by atoms with Crippen molar-refractivity contribution in [3.05, 3.63) is 0 Å². The minimum Gasteiger partial charge on any atom is -0.366 e. The average molecular weight is 431 g/mol. The molecule has 6 nitrogen and oxygen atoms in total. The number of hydrogen-bond donors (Lipinski definition) is 4. The summed E-state index contributed by atoms with van der Waals surface area (Å²) in [5.74, 6) is 0. The molecule has 4 atom stereocenters. The van der Waals surface area contributed by atoms with E-state index < -0.39 is 0 Å². The van der Waals surface area contributed by atoms with Gasteiger partial charge in [-0.1, -0.05) is 25.7 Å². The Kier molecular flexibility index (Phi) is 12.2. The van der Waals surface area contributed by atoms with Crippen LogP contribution in [-0.4, -0.2) is 86.5 Å². The molecule has 0 unspecified atom stereocenters. The van der Waals surface area contributed by atoms with Crippen LogP contribution >= 0.6 is 24.4 Å². The molecule has 0 aliphatic heterocycles. The Labute approximate surface area is 183 Å². The molecule has 0 heterocycles. The molecule has 0 aromatic rings. The van der Waals surface area contributed by atoms with Crippen LogP contribution in [0.4, 0.5) is 0 Å². The summed E-state index contributed by atoms with van der Waals surface area (Å²) in [6.07, 6.45) is 10.3. The topological polar surface area (TPSA) is 54.6 Å². The van der Waals surface area contributed by atoms with Crippen molar-refractivity contribution in [3.63, 3.8) is 0 Å². The van der Waals surface area contributed by atoms with Crippen molar-refractivity contribution >= 4 is 34.7 Å². The minimum absolute atomic E-state index is 0.513. The third-order valence-electron chi connectivity index (χ3n) is 5.87. The lowest BCUT2D eigenvalue weighted by Crippen LogP contribution is -2.52. The van der Waals surface area contributed by atoms with Crippen molar-refractivity contribution in [2.24, 2.45) is 0 Å². The molecule has 0 bridgehead atoms. The maximum atomic E-state index is 5.13. The highest BCUT2D eigenvalue weighted by Crippen LogP contribution is 2.22. The molecular formula is C20H42N6S2. The van der Waals surface area contributed by atoms with Gasteiger partial charge in [-0.05, 0) is 78.3 Å². The third-order valence-corrected chi connectivity index (χ3v) is 6.52. The maximum absolute atomic E-state index is 5.13. The molecule has 4 N–H and O–H groups in total. The second kappa shape index (κ2) is 13.5.